The number of hydrogen-bond donors (Lipinski definition) is 0. The van der Waals surface area contributed by atoms with Gasteiger partial charge < -0.3 is 19.4 Å². The molecule has 3 heterocycles. The molecule has 2 aromatic rings. The second-order valence-electron chi connectivity index (χ2n) is 11.4. The van der Waals surface area contributed by atoms with Gasteiger partial charge in [0.15, 0.2) is 0 Å². The summed E-state index contributed by atoms with van der Waals surface area (Å²) in [6, 6.07) is 3.29. The van der Waals surface area contributed by atoms with Crippen LogP contribution in [0.5, 0.6) is 0 Å². The Morgan fingerprint density at radius 3 is 2.23 bits per heavy atom. The van der Waals surface area contributed by atoms with Crippen molar-refractivity contribution in [2.75, 3.05) is 33.3 Å². The Morgan fingerprint density at radius 2 is 1.67 bits per heavy atom. The summed E-state index contributed by atoms with van der Waals surface area (Å²) < 4.78 is 100. The molecule has 2 amide bonds. The van der Waals surface area contributed by atoms with Crippen LogP contribution in [0.3, 0.4) is 0 Å². The predicted octanol–water partition coefficient (Wildman–Crippen LogP) is 6.72. The molecule has 0 bridgehead atoms. The first kappa shape index (κ1) is 30.7. The van der Waals surface area contributed by atoms with E-state index in [0.717, 1.165) is 10.6 Å². The number of fused-ring (bicyclic) bond motifs is 1. The third kappa shape index (κ3) is 6.03. The van der Waals surface area contributed by atoms with Gasteiger partial charge in [-0.2, -0.15) is 26.3 Å². The molecular formula is C30H30F7N3O3. The normalized spacial score (nSPS) is 23.2. The molecule has 3 aliphatic heterocycles. The number of benzene rings is 2. The number of amides is 2. The van der Waals surface area contributed by atoms with E-state index in [1.807, 2.05) is 4.90 Å². The Bertz CT molecular complexity index is 1420. The van der Waals surface area contributed by atoms with E-state index in [0.29, 0.717) is 42.8 Å². The molecule has 6 nitrogen and oxygen atoms in total. The lowest BCUT2D eigenvalue weighted by Crippen LogP contribution is -2.51. The molecule has 0 aromatic heterocycles. The van der Waals surface area contributed by atoms with Crippen LogP contribution in [0.1, 0.15) is 53.2 Å². The number of carbonyl (C=O) groups excluding carboxylic acids is 2. The molecule has 3 unspecified atom stereocenters. The van der Waals surface area contributed by atoms with Gasteiger partial charge in [0.05, 0.1) is 28.9 Å². The summed E-state index contributed by atoms with van der Waals surface area (Å²) in [5.41, 5.74) is -1.21. The Kier molecular flexibility index (Phi) is 7.89. The van der Waals surface area contributed by atoms with E-state index in [-0.39, 0.29) is 36.6 Å². The van der Waals surface area contributed by atoms with Gasteiger partial charge in [-0.3, -0.25) is 0 Å². The quantitative estimate of drug-likeness (QED) is 0.284. The van der Waals surface area contributed by atoms with Gasteiger partial charge in [0.2, 0.25) is 0 Å². The molecule has 232 valence electrons. The molecule has 0 radical (unpaired) electrons. The minimum atomic E-state index is -5.02. The van der Waals surface area contributed by atoms with Crippen LogP contribution in [0.4, 0.5) is 35.5 Å². The summed E-state index contributed by atoms with van der Waals surface area (Å²) in [4.78, 5) is 30.5. The number of hydrogen-bond acceptors (Lipinski definition) is 4. The lowest BCUT2D eigenvalue weighted by atomic mass is 9.78. The van der Waals surface area contributed by atoms with Crippen LogP contribution in [-0.4, -0.2) is 60.0 Å². The van der Waals surface area contributed by atoms with Gasteiger partial charge in [-0.1, -0.05) is 6.07 Å². The van der Waals surface area contributed by atoms with Crippen LogP contribution in [0.25, 0.3) is 0 Å². The molecule has 5 rings (SSSR count). The van der Waals surface area contributed by atoms with Gasteiger partial charge in [-0.05, 0) is 73.2 Å². The second kappa shape index (κ2) is 11.1. The highest BCUT2D eigenvalue weighted by Crippen LogP contribution is 2.46. The fourth-order valence-corrected chi connectivity index (χ4v) is 6.41. The summed E-state index contributed by atoms with van der Waals surface area (Å²) in [6.45, 7) is 4.58. The molecular weight excluding hydrogens is 583 g/mol. The van der Waals surface area contributed by atoms with Crippen molar-refractivity contribution in [2.45, 2.75) is 44.7 Å². The van der Waals surface area contributed by atoms with Gasteiger partial charge in [0, 0.05) is 38.7 Å². The van der Waals surface area contributed by atoms with Crippen LogP contribution in [0.15, 0.2) is 48.2 Å². The topological polar surface area (TPSA) is 53.1 Å². The number of ether oxygens (including phenoxy) is 1. The second-order valence-corrected chi connectivity index (χ2v) is 11.4. The van der Waals surface area contributed by atoms with Crippen LogP contribution in [0.2, 0.25) is 0 Å². The SMILES string of the molecule is Cc1cc(F)ccc1C1[C@@H]2CN(C3=CC(=O)OC3)CC2CCN1C(=O)N(C)C(C)c1cc(C(F)(F)F)cc(C(F)(F)F)c1. The summed E-state index contributed by atoms with van der Waals surface area (Å²) >= 11 is 0. The van der Waals surface area contributed by atoms with Crippen LogP contribution in [-0.2, 0) is 21.9 Å². The number of piperidine rings is 1. The van der Waals surface area contributed by atoms with Crippen LogP contribution in [0, 0.1) is 24.6 Å². The van der Waals surface area contributed by atoms with E-state index in [2.05, 4.69) is 0 Å². The molecule has 2 aromatic carbocycles. The van der Waals surface area contributed by atoms with E-state index >= 15 is 0 Å². The Morgan fingerprint density at radius 1 is 1.02 bits per heavy atom. The number of likely N-dealkylation sites (tertiary alicyclic amines) is 2. The zero-order chi connectivity index (χ0) is 31.4. The fraction of sp³-hybridized carbons (Fsp3) is 0.467. The van der Waals surface area contributed by atoms with E-state index in [1.165, 1.54) is 32.2 Å². The van der Waals surface area contributed by atoms with Crippen molar-refractivity contribution in [3.05, 3.63) is 81.8 Å². The molecule has 0 saturated carbocycles. The highest BCUT2D eigenvalue weighted by Gasteiger charge is 2.48. The number of aryl methyl sites for hydroxylation is 1. The number of nitrogens with zero attached hydrogens (tertiary/aromatic N) is 3. The summed E-state index contributed by atoms with van der Waals surface area (Å²) in [7, 11) is 1.34. The number of cyclic esters (lactones) is 1. The van der Waals surface area contributed by atoms with Crippen LogP contribution >= 0.6 is 0 Å². The van der Waals surface area contributed by atoms with E-state index in [9.17, 15) is 40.3 Å². The molecule has 4 atom stereocenters. The fourth-order valence-electron chi connectivity index (χ4n) is 6.41. The van der Waals surface area contributed by atoms with E-state index in [1.54, 1.807) is 17.9 Å². The molecule has 2 saturated heterocycles. The van der Waals surface area contributed by atoms with Crippen molar-refractivity contribution in [3.63, 3.8) is 0 Å². The van der Waals surface area contributed by atoms with Crippen molar-refractivity contribution in [2.24, 2.45) is 11.8 Å². The summed E-state index contributed by atoms with van der Waals surface area (Å²) in [6.07, 6.45) is -8.04. The van der Waals surface area contributed by atoms with Crippen LogP contribution < -0.4 is 0 Å². The maximum absolute atomic E-state index is 14.1. The third-order valence-corrected chi connectivity index (χ3v) is 8.80. The molecule has 0 aliphatic carbocycles. The number of esters is 1. The zero-order valence-electron chi connectivity index (χ0n) is 23.6. The molecule has 43 heavy (non-hydrogen) atoms. The van der Waals surface area contributed by atoms with E-state index in [4.69, 9.17) is 4.74 Å². The smallest absolute Gasteiger partial charge is 0.416 e. The monoisotopic (exact) mass is 613 g/mol. The molecule has 2 fully saturated rings. The zero-order valence-corrected chi connectivity index (χ0v) is 23.6. The first-order valence-electron chi connectivity index (χ1n) is 13.8. The number of urea groups is 1. The highest BCUT2D eigenvalue weighted by atomic mass is 19.4. The Hall–Kier alpha value is -3.77. The van der Waals surface area contributed by atoms with Crippen molar-refractivity contribution >= 4 is 12.0 Å². The van der Waals surface area contributed by atoms with E-state index < -0.39 is 53.4 Å². The highest BCUT2D eigenvalue weighted by molar-refractivity contribution is 5.85. The lowest BCUT2D eigenvalue weighted by molar-refractivity contribution is -0.143. The third-order valence-electron chi connectivity index (χ3n) is 8.80. The lowest BCUT2D eigenvalue weighted by Gasteiger charge is -2.45. The van der Waals surface area contributed by atoms with Gasteiger partial charge in [-0.25, -0.2) is 14.0 Å². The average molecular weight is 614 g/mol. The average Bonchev–Trinajstić information content (AvgIpc) is 3.56. The Labute approximate surface area is 243 Å². The van der Waals surface area contributed by atoms with Crippen molar-refractivity contribution in [1.29, 1.82) is 0 Å². The van der Waals surface area contributed by atoms with Crippen molar-refractivity contribution in [3.8, 4) is 0 Å². The van der Waals surface area contributed by atoms with Gasteiger partial charge in [0.1, 0.15) is 12.4 Å². The minimum Gasteiger partial charge on any atom is -0.456 e. The van der Waals surface area contributed by atoms with Gasteiger partial charge >= 0.3 is 24.4 Å². The first-order valence-corrected chi connectivity index (χ1v) is 13.8. The summed E-state index contributed by atoms with van der Waals surface area (Å²) in [5, 5.41) is 0. The largest absolute Gasteiger partial charge is 0.456 e. The molecule has 13 heteroatoms. The number of halogens is 7. The maximum atomic E-state index is 14.1. The van der Waals surface area contributed by atoms with Crippen molar-refractivity contribution in [1.82, 2.24) is 14.7 Å². The molecule has 3 aliphatic rings. The maximum Gasteiger partial charge on any atom is 0.416 e. The standard InChI is InChI=1S/C30H30F7N3O3/c1-16-8-22(31)4-5-24(16)27-25-14-39(23-12-26(41)43-15-23)13-18(25)6-7-40(27)28(42)38(3)17(2)19-9-20(29(32,33)34)11-21(10-19)30(35,36)37/h4-5,8-12,17-18,25,27H,6-7,13-15H2,1-3H3/t17?,18?,25-,27?/m1/s1. The molecule has 0 N–H and O–H groups in total. The number of rotatable bonds is 4. The first-order chi connectivity index (χ1) is 20.0. The number of carbonyl (C=O) groups is 2. The minimum absolute atomic E-state index is 0.0560. The van der Waals surface area contributed by atoms with Gasteiger partial charge in [-0.15, -0.1) is 0 Å². The predicted molar refractivity (Wildman–Crippen MR) is 141 cm³/mol. The van der Waals surface area contributed by atoms with Gasteiger partial charge in [0.25, 0.3) is 0 Å². The molecule has 0 spiro atoms. The summed E-state index contributed by atoms with van der Waals surface area (Å²) in [5.74, 6) is -0.934. The Balaban J connectivity index is 1.48. The number of alkyl halides is 6. The van der Waals surface area contributed by atoms with Crippen molar-refractivity contribution < 1.29 is 45.1 Å².